The Morgan fingerprint density at radius 1 is 0.929 bits per heavy atom. The van der Waals surface area contributed by atoms with Gasteiger partial charge in [-0.2, -0.15) is 0 Å². The zero-order chi connectivity index (χ0) is 11.2. The quantitative estimate of drug-likeness (QED) is 0.339. The Bertz CT molecular complexity index is 153. The van der Waals surface area contributed by atoms with Gasteiger partial charge in [-0.05, 0) is 6.42 Å². The van der Waals surface area contributed by atoms with Gasteiger partial charge in [-0.15, -0.1) is 0 Å². The summed E-state index contributed by atoms with van der Waals surface area (Å²) in [5, 5.41) is 45.8. The van der Waals surface area contributed by atoms with Crippen LogP contribution in [0.1, 0.15) is 26.2 Å². The summed E-state index contributed by atoms with van der Waals surface area (Å²) in [5.41, 5.74) is -1.45. The number of hydrogen-bond donors (Lipinski definition) is 5. The van der Waals surface area contributed by atoms with Gasteiger partial charge in [-0.25, -0.2) is 0 Å². The van der Waals surface area contributed by atoms with Crippen molar-refractivity contribution in [2.24, 2.45) is 5.41 Å². The molecular formula is C9H20O5. The van der Waals surface area contributed by atoms with Crippen LogP contribution in [0.25, 0.3) is 0 Å². The third-order valence-corrected chi connectivity index (χ3v) is 2.68. The van der Waals surface area contributed by atoms with Crippen molar-refractivity contribution in [2.45, 2.75) is 32.0 Å². The van der Waals surface area contributed by atoms with Crippen molar-refractivity contribution in [1.29, 1.82) is 0 Å². The number of hydrogen-bond acceptors (Lipinski definition) is 5. The van der Waals surface area contributed by atoms with Crippen molar-refractivity contribution in [2.75, 3.05) is 19.8 Å². The second-order valence-corrected chi connectivity index (χ2v) is 3.67. The first-order chi connectivity index (χ1) is 6.49. The molecule has 0 spiro atoms. The molecule has 0 unspecified atom stereocenters. The van der Waals surface area contributed by atoms with Gasteiger partial charge in [-0.1, -0.05) is 19.8 Å². The Hall–Kier alpha value is -0.200. The van der Waals surface area contributed by atoms with Gasteiger partial charge in [0.25, 0.3) is 0 Å². The lowest BCUT2D eigenvalue weighted by atomic mass is 9.76. The van der Waals surface area contributed by atoms with E-state index in [1.165, 1.54) is 0 Å². The summed E-state index contributed by atoms with van der Waals surface area (Å²) in [7, 11) is 0. The molecule has 0 rings (SSSR count). The minimum atomic E-state index is -2.44. The number of aliphatic hydroxyl groups excluding tert-OH is 3. The molecule has 0 atom stereocenters. The number of unbranched alkanes of at least 4 members (excludes halogenated alkanes) is 1. The van der Waals surface area contributed by atoms with Crippen molar-refractivity contribution in [3.8, 4) is 0 Å². The maximum absolute atomic E-state index is 9.45. The van der Waals surface area contributed by atoms with E-state index in [4.69, 9.17) is 15.3 Å². The van der Waals surface area contributed by atoms with Gasteiger partial charge in [0.2, 0.25) is 0 Å². The van der Waals surface area contributed by atoms with Crippen molar-refractivity contribution in [3.63, 3.8) is 0 Å². The Balaban J connectivity index is 4.67. The summed E-state index contributed by atoms with van der Waals surface area (Å²) in [4.78, 5) is 0. The van der Waals surface area contributed by atoms with Gasteiger partial charge in [0, 0.05) is 0 Å². The molecule has 5 N–H and O–H groups in total. The maximum atomic E-state index is 9.45. The largest absolute Gasteiger partial charge is 0.395 e. The molecule has 0 radical (unpaired) electrons. The lowest BCUT2D eigenvalue weighted by Gasteiger charge is -2.40. The van der Waals surface area contributed by atoms with Crippen LogP contribution >= 0.6 is 0 Å². The highest BCUT2D eigenvalue weighted by atomic mass is 16.5. The summed E-state index contributed by atoms with van der Waals surface area (Å²) in [5.74, 6) is -2.44. The molecule has 0 heterocycles. The minimum absolute atomic E-state index is 0.254. The fourth-order valence-corrected chi connectivity index (χ4v) is 1.34. The first-order valence-corrected chi connectivity index (χ1v) is 4.77. The molecule has 86 valence electrons. The molecule has 0 fully saturated rings. The van der Waals surface area contributed by atoms with Crippen molar-refractivity contribution in [3.05, 3.63) is 0 Å². The van der Waals surface area contributed by atoms with Crippen molar-refractivity contribution in [1.82, 2.24) is 0 Å². The van der Waals surface area contributed by atoms with Gasteiger partial charge >= 0.3 is 0 Å². The van der Waals surface area contributed by atoms with E-state index in [0.29, 0.717) is 6.42 Å². The molecule has 0 aliphatic carbocycles. The van der Waals surface area contributed by atoms with Crippen LogP contribution < -0.4 is 0 Å². The molecule has 5 heteroatoms. The van der Waals surface area contributed by atoms with Crippen LogP contribution in [0.3, 0.4) is 0 Å². The molecular weight excluding hydrogens is 188 g/mol. The normalized spacial score (nSPS) is 13.3. The summed E-state index contributed by atoms with van der Waals surface area (Å²) in [6.07, 6.45) is 1.71. The highest BCUT2D eigenvalue weighted by Crippen LogP contribution is 2.34. The molecule has 14 heavy (non-hydrogen) atoms. The predicted molar refractivity (Wildman–Crippen MR) is 50.4 cm³/mol. The van der Waals surface area contributed by atoms with E-state index in [9.17, 15) is 10.2 Å². The Morgan fingerprint density at radius 3 is 1.71 bits per heavy atom. The molecule has 0 bridgehead atoms. The van der Waals surface area contributed by atoms with Crippen LogP contribution in [0.5, 0.6) is 0 Å². The van der Waals surface area contributed by atoms with Crippen LogP contribution in [0.15, 0.2) is 0 Å². The topological polar surface area (TPSA) is 101 Å². The summed E-state index contributed by atoms with van der Waals surface area (Å²) < 4.78 is 0. The molecule has 5 nitrogen and oxygen atoms in total. The van der Waals surface area contributed by atoms with Gasteiger partial charge < -0.3 is 25.5 Å². The second kappa shape index (κ2) is 5.63. The first-order valence-electron chi connectivity index (χ1n) is 4.77. The van der Waals surface area contributed by atoms with E-state index in [1.807, 2.05) is 6.92 Å². The Kier molecular flexibility index (Phi) is 5.54. The lowest BCUT2D eigenvalue weighted by Crippen LogP contribution is -2.55. The smallest absolute Gasteiger partial charge is 0.196 e. The van der Waals surface area contributed by atoms with E-state index in [2.05, 4.69) is 0 Å². The summed E-state index contributed by atoms with van der Waals surface area (Å²) in [6, 6.07) is 0. The van der Waals surface area contributed by atoms with Gasteiger partial charge in [-0.3, -0.25) is 0 Å². The Labute approximate surface area is 83.6 Å². The molecule has 0 aromatic rings. The zero-order valence-electron chi connectivity index (χ0n) is 8.48. The molecule has 0 saturated carbocycles. The van der Waals surface area contributed by atoms with E-state index < -0.39 is 31.0 Å². The third kappa shape index (κ3) is 2.65. The zero-order valence-corrected chi connectivity index (χ0v) is 8.48. The SMILES string of the molecule is CCCCC(CO)(CO)C(O)(O)CO. The highest BCUT2D eigenvalue weighted by molar-refractivity contribution is 4.90. The minimum Gasteiger partial charge on any atom is -0.395 e. The highest BCUT2D eigenvalue weighted by Gasteiger charge is 2.48. The molecule has 0 aromatic heterocycles. The van der Waals surface area contributed by atoms with Crippen molar-refractivity contribution < 1.29 is 25.5 Å². The van der Waals surface area contributed by atoms with Crippen LogP contribution in [0.4, 0.5) is 0 Å². The van der Waals surface area contributed by atoms with E-state index in [0.717, 1.165) is 6.42 Å². The molecule has 0 aliphatic heterocycles. The van der Waals surface area contributed by atoms with Crippen LogP contribution in [0.2, 0.25) is 0 Å². The van der Waals surface area contributed by atoms with Crippen LogP contribution in [-0.4, -0.2) is 51.1 Å². The Morgan fingerprint density at radius 2 is 1.43 bits per heavy atom. The average molecular weight is 208 g/mol. The second-order valence-electron chi connectivity index (χ2n) is 3.67. The fraction of sp³-hybridized carbons (Fsp3) is 1.00. The van der Waals surface area contributed by atoms with E-state index in [-0.39, 0.29) is 6.42 Å². The third-order valence-electron chi connectivity index (χ3n) is 2.68. The summed E-state index contributed by atoms with van der Waals surface area (Å²) >= 11 is 0. The molecule has 0 aliphatic rings. The number of aliphatic hydroxyl groups is 5. The summed E-state index contributed by atoms with van der Waals surface area (Å²) in [6.45, 7) is -0.138. The lowest BCUT2D eigenvalue weighted by molar-refractivity contribution is -0.281. The standard InChI is InChI=1S/C9H20O5/c1-2-3-4-8(5-10,6-11)9(13,14)7-12/h10-14H,2-7H2,1H3. The molecule has 0 aromatic carbocycles. The first kappa shape index (κ1) is 13.8. The van der Waals surface area contributed by atoms with E-state index in [1.54, 1.807) is 0 Å². The fourth-order valence-electron chi connectivity index (χ4n) is 1.34. The number of rotatable bonds is 7. The van der Waals surface area contributed by atoms with Crippen molar-refractivity contribution >= 4 is 0 Å². The van der Waals surface area contributed by atoms with Gasteiger partial charge in [0.15, 0.2) is 5.79 Å². The van der Waals surface area contributed by atoms with E-state index >= 15 is 0 Å². The average Bonchev–Trinajstić information content (AvgIpc) is 2.20. The van der Waals surface area contributed by atoms with Crippen LogP contribution in [-0.2, 0) is 0 Å². The van der Waals surface area contributed by atoms with Crippen LogP contribution in [0, 0.1) is 5.41 Å². The predicted octanol–water partition coefficient (Wildman–Crippen LogP) is -1.18. The van der Waals surface area contributed by atoms with Gasteiger partial charge in [0.05, 0.1) is 25.2 Å². The van der Waals surface area contributed by atoms with Gasteiger partial charge in [0.1, 0.15) is 0 Å². The molecule has 0 amide bonds. The maximum Gasteiger partial charge on any atom is 0.196 e. The monoisotopic (exact) mass is 208 g/mol. The molecule has 0 saturated heterocycles.